The van der Waals surface area contributed by atoms with Gasteiger partial charge in [0.1, 0.15) is 0 Å². The second kappa shape index (κ2) is 7.19. The van der Waals surface area contributed by atoms with Gasteiger partial charge in [0.25, 0.3) is 0 Å². The summed E-state index contributed by atoms with van der Waals surface area (Å²) in [5.74, 6) is 1.20. The van der Waals surface area contributed by atoms with Crippen molar-refractivity contribution in [2.45, 2.75) is 63.2 Å². The Kier molecular flexibility index (Phi) is 4.80. The van der Waals surface area contributed by atoms with Crippen molar-refractivity contribution >= 4 is 11.8 Å². The van der Waals surface area contributed by atoms with Crippen LogP contribution in [0.1, 0.15) is 51.4 Å². The van der Waals surface area contributed by atoms with E-state index in [2.05, 4.69) is 20.4 Å². The van der Waals surface area contributed by atoms with Gasteiger partial charge in [-0.05, 0) is 12.8 Å². The molecule has 1 aromatic rings. The molecule has 0 amide bonds. The summed E-state index contributed by atoms with van der Waals surface area (Å²) in [5.41, 5.74) is 0. The summed E-state index contributed by atoms with van der Waals surface area (Å²) in [7, 11) is 0. The lowest BCUT2D eigenvalue weighted by Gasteiger charge is -2.37. The first-order valence-electron chi connectivity index (χ1n) is 9.32. The SMILES string of the molecule is c1nnc(N2CCC3(CC2)OCCO3)nc1NC1CCCCCC1. The van der Waals surface area contributed by atoms with Crippen LogP contribution in [0.15, 0.2) is 6.20 Å². The molecule has 7 nitrogen and oxygen atoms in total. The van der Waals surface area contributed by atoms with Gasteiger partial charge in [0.05, 0.1) is 19.4 Å². The first kappa shape index (κ1) is 16.0. The van der Waals surface area contributed by atoms with Crippen molar-refractivity contribution in [1.82, 2.24) is 15.2 Å². The lowest BCUT2D eigenvalue weighted by atomic mass is 10.0. The van der Waals surface area contributed by atoms with E-state index in [9.17, 15) is 0 Å². The molecule has 7 heteroatoms. The number of nitrogens with zero attached hydrogens (tertiary/aromatic N) is 4. The van der Waals surface area contributed by atoms with E-state index in [4.69, 9.17) is 14.5 Å². The smallest absolute Gasteiger partial charge is 0.247 e. The molecule has 2 aliphatic heterocycles. The Labute approximate surface area is 143 Å². The number of rotatable bonds is 3. The average Bonchev–Trinajstić information content (AvgIpc) is 2.91. The van der Waals surface area contributed by atoms with Crippen LogP contribution >= 0.6 is 0 Å². The van der Waals surface area contributed by atoms with Crippen LogP contribution in [0.4, 0.5) is 11.8 Å². The van der Waals surface area contributed by atoms with Crippen molar-refractivity contribution in [2.75, 3.05) is 36.5 Å². The largest absolute Gasteiger partial charge is 0.366 e. The number of aromatic nitrogens is 3. The lowest BCUT2D eigenvalue weighted by Crippen LogP contribution is -2.45. The molecular weight excluding hydrogens is 306 g/mol. The summed E-state index contributed by atoms with van der Waals surface area (Å²) < 4.78 is 11.6. The van der Waals surface area contributed by atoms with Gasteiger partial charge in [-0.3, -0.25) is 0 Å². The first-order valence-corrected chi connectivity index (χ1v) is 9.32. The van der Waals surface area contributed by atoms with Gasteiger partial charge in [-0.1, -0.05) is 25.7 Å². The topological polar surface area (TPSA) is 72.4 Å². The van der Waals surface area contributed by atoms with Crippen LogP contribution in [0.25, 0.3) is 0 Å². The van der Waals surface area contributed by atoms with E-state index in [1.54, 1.807) is 6.20 Å². The zero-order valence-electron chi connectivity index (χ0n) is 14.2. The molecule has 0 aromatic carbocycles. The quantitative estimate of drug-likeness (QED) is 0.851. The highest BCUT2D eigenvalue weighted by molar-refractivity contribution is 5.40. The van der Waals surface area contributed by atoms with E-state index in [0.717, 1.165) is 31.7 Å². The molecule has 3 aliphatic rings. The number of piperidine rings is 1. The van der Waals surface area contributed by atoms with Crippen molar-refractivity contribution in [3.05, 3.63) is 6.20 Å². The first-order chi connectivity index (χ1) is 11.8. The third kappa shape index (κ3) is 3.62. The third-order valence-corrected chi connectivity index (χ3v) is 5.38. The van der Waals surface area contributed by atoms with Crippen molar-refractivity contribution in [2.24, 2.45) is 0 Å². The van der Waals surface area contributed by atoms with Crippen LogP contribution in [-0.4, -0.2) is 53.3 Å². The highest BCUT2D eigenvalue weighted by atomic mass is 16.7. The molecule has 1 aliphatic carbocycles. The Balaban J connectivity index is 1.37. The van der Waals surface area contributed by atoms with Gasteiger partial charge in [-0.15, -0.1) is 5.10 Å². The fourth-order valence-corrected chi connectivity index (χ4v) is 3.96. The average molecular weight is 333 g/mol. The molecule has 0 radical (unpaired) electrons. The molecule has 4 rings (SSSR count). The molecule has 1 saturated carbocycles. The predicted octanol–water partition coefficient (Wildman–Crippen LogP) is 2.35. The Hall–Kier alpha value is -1.47. The van der Waals surface area contributed by atoms with Gasteiger partial charge in [-0.2, -0.15) is 10.1 Å². The molecule has 0 atom stereocenters. The maximum absolute atomic E-state index is 5.78. The molecular formula is C17H27N5O2. The fraction of sp³-hybridized carbons (Fsp3) is 0.824. The fourth-order valence-electron chi connectivity index (χ4n) is 3.96. The minimum absolute atomic E-state index is 0.361. The molecule has 3 heterocycles. The Morgan fingerprint density at radius 3 is 2.46 bits per heavy atom. The van der Waals surface area contributed by atoms with E-state index in [1.807, 2.05) is 0 Å². The number of ether oxygens (including phenoxy) is 2. The summed E-state index contributed by atoms with van der Waals surface area (Å²) in [6.07, 6.45) is 11.2. The molecule has 1 aromatic heterocycles. The third-order valence-electron chi connectivity index (χ3n) is 5.38. The number of nitrogens with one attached hydrogen (secondary N) is 1. The lowest BCUT2D eigenvalue weighted by molar-refractivity contribution is -0.169. The van der Waals surface area contributed by atoms with Gasteiger partial charge in [0.15, 0.2) is 11.6 Å². The van der Waals surface area contributed by atoms with Gasteiger partial charge in [-0.25, -0.2) is 0 Å². The highest BCUT2D eigenvalue weighted by Crippen LogP contribution is 2.32. The molecule has 2 saturated heterocycles. The molecule has 132 valence electrons. The van der Waals surface area contributed by atoms with Crippen LogP contribution in [-0.2, 0) is 9.47 Å². The van der Waals surface area contributed by atoms with Crippen LogP contribution in [0.2, 0.25) is 0 Å². The maximum atomic E-state index is 5.78. The number of hydrogen-bond donors (Lipinski definition) is 1. The highest BCUT2D eigenvalue weighted by Gasteiger charge is 2.40. The van der Waals surface area contributed by atoms with E-state index in [0.29, 0.717) is 25.2 Å². The maximum Gasteiger partial charge on any atom is 0.247 e. The number of anilines is 2. The monoisotopic (exact) mass is 333 g/mol. The van der Waals surface area contributed by atoms with Crippen LogP contribution in [0.5, 0.6) is 0 Å². The molecule has 3 fully saturated rings. The summed E-state index contributed by atoms with van der Waals surface area (Å²) in [4.78, 5) is 6.88. The zero-order valence-corrected chi connectivity index (χ0v) is 14.2. The van der Waals surface area contributed by atoms with Gasteiger partial charge < -0.3 is 19.7 Å². The minimum Gasteiger partial charge on any atom is -0.366 e. The van der Waals surface area contributed by atoms with Gasteiger partial charge >= 0.3 is 0 Å². The van der Waals surface area contributed by atoms with Crippen LogP contribution < -0.4 is 10.2 Å². The molecule has 0 bridgehead atoms. The Morgan fingerprint density at radius 1 is 1.04 bits per heavy atom. The molecule has 1 N–H and O–H groups in total. The van der Waals surface area contributed by atoms with Gasteiger partial charge in [0.2, 0.25) is 5.95 Å². The van der Waals surface area contributed by atoms with E-state index in [-0.39, 0.29) is 5.79 Å². The summed E-state index contributed by atoms with van der Waals surface area (Å²) >= 11 is 0. The van der Waals surface area contributed by atoms with Crippen molar-refractivity contribution < 1.29 is 9.47 Å². The van der Waals surface area contributed by atoms with E-state index >= 15 is 0 Å². The Bertz CT molecular complexity index is 532. The van der Waals surface area contributed by atoms with E-state index in [1.165, 1.54) is 38.5 Å². The van der Waals surface area contributed by atoms with Crippen molar-refractivity contribution in [1.29, 1.82) is 0 Å². The molecule has 24 heavy (non-hydrogen) atoms. The summed E-state index contributed by atoms with van der Waals surface area (Å²) in [5, 5.41) is 12.0. The second-order valence-electron chi connectivity index (χ2n) is 7.07. The minimum atomic E-state index is -0.361. The number of hydrogen-bond acceptors (Lipinski definition) is 7. The standard InChI is InChI=1S/C17H27N5O2/c1-2-4-6-14(5-3-1)19-15-13-18-21-16(20-15)22-9-7-17(8-10-22)23-11-12-24-17/h13-14H,1-12H2,(H,19,20,21). The molecule has 0 unspecified atom stereocenters. The van der Waals surface area contributed by atoms with Crippen molar-refractivity contribution in [3.63, 3.8) is 0 Å². The predicted molar refractivity (Wildman–Crippen MR) is 91.0 cm³/mol. The van der Waals surface area contributed by atoms with Crippen LogP contribution in [0.3, 0.4) is 0 Å². The van der Waals surface area contributed by atoms with Gasteiger partial charge in [0, 0.05) is 32.0 Å². The van der Waals surface area contributed by atoms with E-state index < -0.39 is 0 Å². The Morgan fingerprint density at radius 2 is 1.75 bits per heavy atom. The summed E-state index contributed by atoms with van der Waals surface area (Å²) in [6.45, 7) is 3.10. The molecule has 1 spiro atoms. The normalized spacial score (nSPS) is 24.9. The zero-order chi connectivity index (χ0) is 16.2. The summed E-state index contributed by atoms with van der Waals surface area (Å²) in [6, 6.07) is 0.516. The second-order valence-corrected chi connectivity index (χ2v) is 7.07. The van der Waals surface area contributed by atoms with Crippen molar-refractivity contribution in [3.8, 4) is 0 Å². The van der Waals surface area contributed by atoms with Crippen LogP contribution in [0, 0.1) is 0 Å².